The first-order chi connectivity index (χ1) is 7.31. The molecule has 2 aliphatic carbocycles. The average molecular weight is 230 g/mol. The zero-order valence-corrected chi connectivity index (χ0v) is 9.79. The van der Waals surface area contributed by atoms with Gasteiger partial charge in [0.1, 0.15) is 5.69 Å². The zero-order chi connectivity index (χ0) is 10.7. The molecular formula is C14H12ClN. The normalized spacial score (nSPS) is 9.00. The summed E-state index contributed by atoms with van der Waals surface area (Å²) in [5, 5.41) is 0. The molecule has 16 heavy (non-hydrogen) atoms. The molecule has 0 aromatic carbocycles. The van der Waals surface area contributed by atoms with Crippen LogP contribution in [0.25, 0.3) is 11.1 Å². The Labute approximate surface area is 102 Å². The molecule has 2 heteroatoms. The lowest BCUT2D eigenvalue weighted by Gasteiger charge is -1.91. The van der Waals surface area contributed by atoms with Gasteiger partial charge >= 0.3 is 0 Å². The third-order valence-corrected chi connectivity index (χ3v) is 2.26. The van der Waals surface area contributed by atoms with Crippen LogP contribution >= 0.6 is 12.4 Å². The van der Waals surface area contributed by atoms with Crippen molar-refractivity contribution >= 4 is 12.4 Å². The Morgan fingerprint density at radius 2 is 1.81 bits per heavy atom. The minimum atomic E-state index is 0. The van der Waals surface area contributed by atoms with E-state index in [1.165, 1.54) is 11.1 Å². The first-order valence-corrected chi connectivity index (χ1v) is 4.80. The highest BCUT2D eigenvalue weighted by Crippen LogP contribution is 2.32. The van der Waals surface area contributed by atoms with Crippen molar-refractivity contribution in [2.45, 2.75) is 6.92 Å². The highest BCUT2D eigenvalue weighted by Gasteiger charge is 2.06. The molecule has 0 atom stereocenters. The molecule has 2 aliphatic rings. The molecule has 0 aliphatic heterocycles. The molecular weight excluding hydrogens is 218 g/mol. The summed E-state index contributed by atoms with van der Waals surface area (Å²) in [5.74, 6) is 2.48. The number of pyridine rings is 1. The van der Waals surface area contributed by atoms with Crippen LogP contribution in [-0.2, 0) is 0 Å². The largest absolute Gasteiger partial charge is 0.248 e. The predicted molar refractivity (Wildman–Crippen MR) is 69.6 cm³/mol. The number of hydrogen-bond donors (Lipinski definition) is 0. The van der Waals surface area contributed by atoms with Crippen LogP contribution in [0.1, 0.15) is 11.3 Å². The van der Waals surface area contributed by atoms with E-state index in [0.29, 0.717) is 0 Å². The van der Waals surface area contributed by atoms with Gasteiger partial charge < -0.3 is 0 Å². The fraction of sp³-hybridized carbons (Fsp3) is 0.0714. The molecule has 1 nitrogen and oxygen atoms in total. The van der Waals surface area contributed by atoms with Crippen molar-refractivity contribution in [3.8, 4) is 23.5 Å². The third kappa shape index (κ3) is 2.85. The Morgan fingerprint density at radius 3 is 2.12 bits per heavy atom. The van der Waals surface area contributed by atoms with Crippen molar-refractivity contribution in [1.82, 2.24) is 4.98 Å². The van der Waals surface area contributed by atoms with Crippen LogP contribution in [0.2, 0.25) is 0 Å². The van der Waals surface area contributed by atoms with Gasteiger partial charge in [-0.3, -0.25) is 0 Å². The van der Waals surface area contributed by atoms with Crippen LogP contribution in [0.15, 0.2) is 42.6 Å². The molecule has 0 spiro atoms. The maximum Gasteiger partial charge on any atom is 0.115 e. The molecule has 0 radical (unpaired) electrons. The first kappa shape index (κ1) is 12.3. The van der Waals surface area contributed by atoms with E-state index in [1.807, 2.05) is 19.1 Å². The van der Waals surface area contributed by atoms with E-state index in [2.05, 4.69) is 35.2 Å². The molecule has 1 aromatic heterocycles. The van der Waals surface area contributed by atoms with Gasteiger partial charge in [-0.15, -0.1) is 18.8 Å². The lowest BCUT2D eigenvalue weighted by molar-refractivity contribution is 1.23. The van der Waals surface area contributed by atoms with Crippen LogP contribution in [0.3, 0.4) is 0 Å². The summed E-state index contributed by atoms with van der Waals surface area (Å²) in [6.45, 7) is 1.95. The third-order valence-electron chi connectivity index (χ3n) is 2.26. The highest BCUT2D eigenvalue weighted by molar-refractivity contribution is 5.85. The Hall–Kier alpha value is -1.78. The Balaban J connectivity index is 0.000000159. The minimum Gasteiger partial charge on any atom is -0.248 e. The number of rotatable bonds is 0. The van der Waals surface area contributed by atoms with E-state index in [4.69, 9.17) is 6.42 Å². The van der Waals surface area contributed by atoms with Crippen LogP contribution in [0, 0.1) is 19.3 Å². The molecule has 0 fully saturated rings. The molecule has 0 saturated carbocycles. The van der Waals surface area contributed by atoms with E-state index in [1.54, 1.807) is 6.20 Å². The number of aromatic nitrogens is 1. The van der Waals surface area contributed by atoms with E-state index < -0.39 is 0 Å². The van der Waals surface area contributed by atoms with Crippen molar-refractivity contribution in [2.75, 3.05) is 0 Å². The number of aryl methyl sites for hydroxylation is 1. The molecule has 0 unspecified atom stereocenters. The van der Waals surface area contributed by atoms with Crippen molar-refractivity contribution in [3.63, 3.8) is 0 Å². The zero-order valence-electron chi connectivity index (χ0n) is 8.97. The van der Waals surface area contributed by atoms with Gasteiger partial charge in [0.15, 0.2) is 0 Å². The lowest BCUT2D eigenvalue weighted by atomic mass is 10.2. The van der Waals surface area contributed by atoms with Crippen molar-refractivity contribution in [1.29, 1.82) is 0 Å². The molecule has 0 saturated heterocycles. The number of fused-ring (bicyclic) bond motifs is 1. The van der Waals surface area contributed by atoms with Crippen LogP contribution in [0.5, 0.6) is 0 Å². The Kier molecular flexibility index (Phi) is 4.10. The standard InChI is InChI=1S/C8H7N.C6H4.ClH/c1-3-8-7(2)5-4-6-9-8;1-2-5-4-6(5)3-1;/h1,4-6H,2H3;1-4H;1H. The van der Waals surface area contributed by atoms with Gasteiger partial charge in [-0.05, 0) is 41.7 Å². The molecule has 0 amide bonds. The SMILES string of the molecule is C#Cc1ncccc1C.Cl.c1cc2cc-2c1. The van der Waals surface area contributed by atoms with Crippen molar-refractivity contribution in [2.24, 2.45) is 0 Å². The molecule has 0 N–H and O–H groups in total. The molecule has 3 rings (SSSR count). The summed E-state index contributed by atoms with van der Waals surface area (Å²) < 4.78 is 0. The second kappa shape index (κ2) is 5.34. The van der Waals surface area contributed by atoms with Crippen LogP contribution in [-0.4, -0.2) is 4.98 Å². The van der Waals surface area contributed by atoms with Gasteiger partial charge in [-0.2, -0.15) is 0 Å². The second-order valence-corrected chi connectivity index (χ2v) is 3.39. The van der Waals surface area contributed by atoms with Gasteiger partial charge in [-0.1, -0.05) is 24.3 Å². The molecule has 80 valence electrons. The maximum atomic E-state index is 5.14. The summed E-state index contributed by atoms with van der Waals surface area (Å²) >= 11 is 0. The van der Waals surface area contributed by atoms with Gasteiger partial charge in [0.2, 0.25) is 0 Å². The molecule has 1 heterocycles. The van der Waals surface area contributed by atoms with Crippen LogP contribution < -0.4 is 0 Å². The van der Waals surface area contributed by atoms with Gasteiger partial charge in [0.25, 0.3) is 0 Å². The Bertz CT molecular complexity index is 509. The monoisotopic (exact) mass is 229 g/mol. The fourth-order valence-electron chi connectivity index (χ4n) is 1.31. The first-order valence-electron chi connectivity index (χ1n) is 4.80. The fourth-order valence-corrected chi connectivity index (χ4v) is 1.31. The minimum absolute atomic E-state index is 0. The van der Waals surface area contributed by atoms with Gasteiger partial charge in [0, 0.05) is 6.20 Å². The predicted octanol–water partition coefficient (Wildman–Crippen LogP) is 3.46. The van der Waals surface area contributed by atoms with Crippen molar-refractivity contribution in [3.05, 3.63) is 53.9 Å². The Morgan fingerprint density at radius 1 is 1.12 bits per heavy atom. The summed E-state index contributed by atoms with van der Waals surface area (Å²) in [4.78, 5) is 3.96. The quantitative estimate of drug-likeness (QED) is 0.538. The number of halogens is 1. The smallest absolute Gasteiger partial charge is 0.115 e. The number of hydrogen-bond acceptors (Lipinski definition) is 1. The summed E-state index contributed by atoms with van der Waals surface area (Å²) in [5.41, 5.74) is 4.64. The average Bonchev–Trinajstić information content (AvgIpc) is 2.87. The maximum absolute atomic E-state index is 5.14. The van der Waals surface area contributed by atoms with Crippen molar-refractivity contribution < 1.29 is 0 Å². The second-order valence-electron chi connectivity index (χ2n) is 3.39. The summed E-state index contributed by atoms with van der Waals surface area (Å²) in [7, 11) is 0. The van der Waals surface area contributed by atoms with E-state index >= 15 is 0 Å². The lowest BCUT2D eigenvalue weighted by Crippen LogP contribution is -1.83. The van der Waals surface area contributed by atoms with E-state index in [-0.39, 0.29) is 12.4 Å². The summed E-state index contributed by atoms with van der Waals surface area (Å²) in [6.07, 6.45) is 6.83. The van der Waals surface area contributed by atoms with E-state index in [0.717, 1.165) is 11.3 Å². The molecule has 1 aromatic rings. The van der Waals surface area contributed by atoms with Gasteiger partial charge in [0.05, 0.1) is 0 Å². The van der Waals surface area contributed by atoms with Crippen LogP contribution in [0.4, 0.5) is 0 Å². The molecule has 0 bridgehead atoms. The number of terminal acetylenes is 1. The van der Waals surface area contributed by atoms with Gasteiger partial charge in [-0.25, -0.2) is 4.98 Å². The topological polar surface area (TPSA) is 12.9 Å². The van der Waals surface area contributed by atoms with E-state index in [9.17, 15) is 0 Å². The summed E-state index contributed by atoms with van der Waals surface area (Å²) in [6, 6.07) is 12.3. The highest BCUT2D eigenvalue weighted by atomic mass is 35.5. The number of nitrogens with zero attached hydrogens (tertiary/aromatic N) is 1. The number of benzene rings is 1.